The number of aryl methyl sites for hydroxylation is 2. The Hall–Kier alpha value is -1.60. The predicted molar refractivity (Wildman–Crippen MR) is 70.8 cm³/mol. The number of rotatable bonds is 4. The maximum atomic E-state index is 3.52. The van der Waals surface area contributed by atoms with E-state index in [4.69, 9.17) is 0 Å². The molecule has 1 aliphatic rings. The van der Waals surface area contributed by atoms with Gasteiger partial charge in [0.15, 0.2) is 0 Å². The van der Waals surface area contributed by atoms with Crippen molar-refractivity contribution in [1.82, 2.24) is 5.32 Å². The summed E-state index contributed by atoms with van der Waals surface area (Å²) in [5.74, 6) is 0. The molecular formula is C16H17N. The third-order valence-electron chi connectivity index (χ3n) is 3.44. The molecule has 0 amide bonds. The van der Waals surface area contributed by atoms with Crippen molar-refractivity contribution in [2.45, 2.75) is 25.9 Å². The summed E-state index contributed by atoms with van der Waals surface area (Å²) in [6.45, 7) is 1.92. The van der Waals surface area contributed by atoms with Crippen LogP contribution in [0.1, 0.15) is 22.3 Å². The summed E-state index contributed by atoms with van der Waals surface area (Å²) in [7, 11) is 0. The third kappa shape index (κ3) is 2.40. The molecule has 1 heteroatoms. The molecule has 2 bridgehead atoms. The lowest BCUT2D eigenvalue weighted by Crippen LogP contribution is -2.13. The van der Waals surface area contributed by atoms with Gasteiger partial charge in [0.05, 0.1) is 0 Å². The minimum atomic E-state index is 0.946. The second kappa shape index (κ2) is 4.72. The Bertz CT molecular complexity index is 502. The van der Waals surface area contributed by atoms with E-state index in [1.165, 1.54) is 35.1 Å². The minimum Gasteiger partial charge on any atom is -0.309 e. The normalized spacial score (nSPS) is 12.9. The van der Waals surface area contributed by atoms with Crippen LogP contribution < -0.4 is 5.32 Å². The fraction of sp³-hybridized carbons (Fsp3) is 0.250. The van der Waals surface area contributed by atoms with Crippen molar-refractivity contribution in [3.8, 4) is 0 Å². The Morgan fingerprint density at radius 3 is 2.65 bits per heavy atom. The molecule has 1 aliphatic carbocycles. The highest BCUT2D eigenvalue weighted by atomic mass is 14.8. The number of nitrogens with one attached hydrogen (secondary N) is 1. The number of hydrogen-bond donors (Lipinski definition) is 1. The zero-order chi connectivity index (χ0) is 11.5. The number of fused-ring (bicyclic) bond motifs is 2. The lowest BCUT2D eigenvalue weighted by molar-refractivity contribution is 0.689. The average molecular weight is 223 g/mol. The summed E-state index contributed by atoms with van der Waals surface area (Å²) in [6.07, 6.45) is 2.46. The molecule has 2 aromatic rings. The summed E-state index contributed by atoms with van der Waals surface area (Å²) in [4.78, 5) is 0. The molecule has 0 spiro atoms. The molecule has 2 aromatic carbocycles. The molecule has 0 fully saturated rings. The molecule has 0 radical (unpaired) electrons. The van der Waals surface area contributed by atoms with Gasteiger partial charge in [-0.15, -0.1) is 0 Å². The molecule has 86 valence electrons. The topological polar surface area (TPSA) is 12.0 Å². The van der Waals surface area contributed by atoms with Crippen molar-refractivity contribution >= 4 is 0 Å². The highest BCUT2D eigenvalue weighted by molar-refractivity contribution is 5.37. The van der Waals surface area contributed by atoms with Gasteiger partial charge in [0.25, 0.3) is 0 Å². The van der Waals surface area contributed by atoms with Crippen molar-refractivity contribution in [2.24, 2.45) is 0 Å². The average Bonchev–Trinajstić information content (AvgIpc) is 2.76. The molecule has 3 rings (SSSR count). The summed E-state index contributed by atoms with van der Waals surface area (Å²) in [6, 6.07) is 17.4. The van der Waals surface area contributed by atoms with E-state index in [1.807, 2.05) is 0 Å². The first-order valence-electron chi connectivity index (χ1n) is 6.27. The predicted octanol–water partition coefficient (Wildman–Crippen LogP) is 3.08. The van der Waals surface area contributed by atoms with Crippen LogP contribution in [0.2, 0.25) is 0 Å². The first-order valence-corrected chi connectivity index (χ1v) is 6.27. The largest absolute Gasteiger partial charge is 0.309 e. The van der Waals surface area contributed by atoms with Crippen LogP contribution in [-0.4, -0.2) is 0 Å². The second-order valence-electron chi connectivity index (χ2n) is 4.69. The minimum absolute atomic E-state index is 0.946. The van der Waals surface area contributed by atoms with Crippen molar-refractivity contribution in [2.75, 3.05) is 0 Å². The van der Waals surface area contributed by atoms with Gasteiger partial charge in [-0.3, -0.25) is 0 Å². The van der Waals surface area contributed by atoms with Crippen molar-refractivity contribution < 1.29 is 0 Å². The summed E-state index contributed by atoms with van der Waals surface area (Å²) >= 11 is 0. The maximum Gasteiger partial charge on any atom is 0.0211 e. The van der Waals surface area contributed by atoms with E-state index in [2.05, 4.69) is 53.8 Å². The zero-order valence-electron chi connectivity index (χ0n) is 9.95. The first kappa shape index (κ1) is 10.5. The van der Waals surface area contributed by atoms with Gasteiger partial charge >= 0.3 is 0 Å². The lowest BCUT2D eigenvalue weighted by atomic mass is 10.1. The van der Waals surface area contributed by atoms with E-state index in [-0.39, 0.29) is 0 Å². The SMILES string of the molecule is c1ccc(CNCc2ccc3cc2CC3)cc1. The van der Waals surface area contributed by atoms with Crippen molar-refractivity contribution in [3.63, 3.8) is 0 Å². The van der Waals surface area contributed by atoms with Gasteiger partial charge in [0.1, 0.15) is 0 Å². The van der Waals surface area contributed by atoms with Crippen LogP contribution in [0.5, 0.6) is 0 Å². The van der Waals surface area contributed by atoms with Crippen LogP contribution in [0.4, 0.5) is 0 Å². The fourth-order valence-electron chi connectivity index (χ4n) is 2.46. The monoisotopic (exact) mass is 223 g/mol. The molecule has 0 atom stereocenters. The molecule has 0 aliphatic heterocycles. The smallest absolute Gasteiger partial charge is 0.0211 e. The Kier molecular flexibility index (Phi) is 2.93. The highest BCUT2D eigenvalue weighted by Crippen LogP contribution is 2.21. The van der Waals surface area contributed by atoms with Crippen molar-refractivity contribution in [1.29, 1.82) is 0 Å². The number of hydrogen-bond acceptors (Lipinski definition) is 1. The Labute approximate surface area is 102 Å². The van der Waals surface area contributed by atoms with Crippen LogP contribution in [-0.2, 0) is 25.9 Å². The van der Waals surface area contributed by atoms with E-state index in [0.717, 1.165) is 13.1 Å². The van der Waals surface area contributed by atoms with E-state index in [9.17, 15) is 0 Å². The van der Waals surface area contributed by atoms with Gasteiger partial charge in [0, 0.05) is 13.1 Å². The molecule has 1 nitrogen and oxygen atoms in total. The van der Waals surface area contributed by atoms with Gasteiger partial charge in [0.2, 0.25) is 0 Å². The standard InChI is InChI=1S/C16H17N/c1-2-4-14(5-3-1)11-17-12-16-9-7-13-6-8-15(16)10-13/h1-5,7,9-10,17H,6,8,11-12H2. The van der Waals surface area contributed by atoms with E-state index in [0.29, 0.717) is 0 Å². The van der Waals surface area contributed by atoms with Gasteiger partial charge < -0.3 is 5.32 Å². The Morgan fingerprint density at radius 1 is 0.882 bits per heavy atom. The number of benzene rings is 2. The third-order valence-corrected chi connectivity index (χ3v) is 3.44. The van der Waals surface area contributed by atoms with Crippen LogP contribution >= 0.6 is 0 Å². The first-order chi connectivity index (χ1) is 8.42. The van der Waals surface area contributed by atoms with E-state index in [1.54, 1.807) is 0 Å². The summed E-state index contributed by atoms with van der Waals surface area (Å²) in [5.41, 5.74) is 5.83. The van der Waals surface area contributed by atoms with Crippen LogP contribution in [0.25, 0.3) is 0 Å². The molecular weight excluding hydrogens is 206 g/mol. The van der Waals surface area contributed by atoms with Gasteiger partial charge in [-0.25, -0.2) is 0 Å². The molecule has 0 saturated heterocycles. The zero-order valence-corrected chi connectivity index (χ0v) is 9.95. The fourth-order valence-corrected chi connectivity index (χ4v) is 2.46. The lowest BCUT2D eigenvalue weighted by Gasteiger charge is -2.07. The van der Waals surface area contributed by atoms with Crippen LogP contribution in [0.3, 0.4) is 0 Å². The second-order valence-corrected chi connectivity index (χ2v) is 4.69. The molecule has 0 unspecified atom stereocenters. The molecule has 0 aromatic heterocycles. The molecule has 1 N–H and O–H groups in total. The highest BCUT2D eigenvalue weighted by Gasteiger charge is 2.10. The quantitative estimate of drug-likeness (QED) is 0.840. The summed E-state index contributed by atoms with van der Waals surface area (Å²) in [5, 5.41) is 3.52. The van der Waals surface area contributed by atoms with Crippen LogP contribution in [0, 0.1) is 0 Å². The van der Waals surface area contributed by atoms with Crippen LogP contribution in [0.15, 0.2) is 48.5 Å². The molecule has 0 heterocycles. The van der Waals surface area contributed by atoms with Gasteiger partial charge in [-0.05, 0) is 35.1 Å². The maximum absolute atomic E-state index is 3.52. The molecule has 0 saturated carbocycles. The van der Waals surface area contributed by atoms with E-state index >= 15 is 0 Å². The van der Waals surface area contributed by atoms with Gasteiger partial charge in [-0.2, -0.15) is 0 Å². The summed E-state index contributed by atoms with van der Waals surface area (Å²) < 4.78 is 0. The van der Waals surface area contributed by atoms with Gasteiger partial charge in [-0.1, -0.05) is 48.5 Å². The Balaban J connectivity index is 1.59. The van der Waals surface area contributed by atoms with Crippen molar-refractivity contribution in [3.05, 3.63) is 70.8 Å². The van der Waals surface area contributed by atoms with E-state index < -0.39 is 0 Å². The Morgan fingerprint density at radius 2 is 1.76 bits per heavy atom. The molecule has 17 heavy (non-hydrogen) atoms.